The lowest BCUT2D eigenvalue weighted by molar-refractivity contribution is -0.158. The molecule has 1 aromatic rings. The van der Waals surface area contributed by atoms with Gasteiger partial charge in [0.25, 0.3) is 0 Å². The van der Waals surface area contributed by atoms with Gasteiger partial charge in [-0.15, -0.1) is 0 Å². The normalized spacial score (nSPS) is 13.4. The van der Waals surface area contributed by atoms with E-state index in [1.54, 1.807) is 0 Å². The van der Waals surface area contributed by atoms with Crippen LogP contribution in [0.5, 0.6) is 0 Å². The smallest absolute Gasteiger partial charge is 0.309 e. The molecule has 0 aliphatic heterocycles. The van der Waals surface area contributed by atoms with Gasteiger partial charge in [0, 0.05) is 0 Å². The van der Waals surface area contributed by atoms with Crippen LogP contribution in [-0.2, 0) is 19.1 Å². The average molecular weight is 264 g/mol. The van der Waals surface area contributed by atoms with Gasteiger partial charge in [-0.2, -0.15) is 0 Å². The maximum atomic E-state index is 11.9. The molecule has 0 saturated carbocycles. The molecular formula is C15H20O4. The number of benzene rings is 1. The van der Waals surface area contributed by atoms with Crippen molar-refractivity contribution in [3.05, 3.63) is 35.9 Å². The zero-order valence-electron chi connectivity index (χ0n) is 11.6. The molecule has 4 heteroatoms. The number of methoxy groups -OCH3 is 1. The van der Waals surface area contributed by atoms with E-state index in [9.17, 15) is 9.59 Å². The summed E-state index contributed by atoms with van der Waals surface area (Å²) in [5.41, 5.74) is 0.796. The van der Waals surface area contributed by atoms with Crippen LogP contribution in [0, 0.1) is 5.92 Å². The number of hydrogen-bond donors (Lipinski definition) is 0. The summed E-state index contributed by atoms with van der Waals surface area (Å²) < 4.78 is 10.1. The van der Waals surface area contributed by atoms with E-state index < -0.39 is 12.1 Å². The van der Waals surface area contributed by atoms with E-state index in [1.165, 1.54) is 7.11 Å². The number of carbonyl (C=O) groups excluding carboxylic acids is 2. The maximum absolute atomic E-state index is 11.9. The zero-order chi connectivity index (χ0) is 14.3. The van der Waals surface area contributed by atoms with E-state index in [0.29, 0.717) is 6.42 Å². The summed E-state index contributed by atoms with van der Waals surface area (Å²) in [7, 11) is 1.32. The summed E-state index contributed by atoms with van der Waals surface area (Å²) in [6.07, 6.45) is 0.150. The summed E-state index contributed by atoms with van der Waals surface area (Å²) in [5.74, 6) is -0.866. The largest absolute Gasteiger partial charge is 0.469 e. The average Bonchev–Trinajstić information content (AvgIpc) is 2.46. The number of hydrogen-bond acceptors (Lipinski definition) is 4. The topological polar surface area (TPSA) is 52.6 Å². The van der Waals surface area contributed by atoms with E-state index in [2.05, 4.69) is 4.74 Å². The van der Waals surface area contributed by atoms with Crippen LogP contribution in [0.3, 0.4) is 0 Å². The first-order valence-electron chi connectivity index (χ1n) is 6.40. The van der Waals surface area contributed by atoms with E-state index in [4.69, 9.17) is 4.74 Å². The van der Waals surface area contributed by atoms with Gasteiger partial charge in [0.1, 0.15) is 6.10 Å². The molecule has 0 aromatic heterocycles. The van der Waals surface area contributed by atoms with Gasteiger partial charge in [0.15, 0.2) is 0 Å². The number of ether oxygens (including phenoxy) is 2. The van der Waals surface area contributed by atoms with Crippen LogP contribution in [0.2, 0.25) is 0 Å². The van der Waals surface area contributed by atoms with Crippen molar-refractivity contribution < 1.29 is 19.1 Å². The summed E-state index contributed by atoms with van der Waals surface area (Å²) >= 11 is 0. The fraction of sp³-hybridized carbons (Fsp3) is 0.467. The molecule has 0 aliphatic carbocycles. The summed E-state index contributed by atoms with van der Waals surface area (Å²) in [5, 5.41) is 0. The van der Waals surface area contributed by atoms with Crippen molar-refractivity contribution in [2.24, 2.45) is 5.92 Å². The highest BCUT2D eigenvalue weighted by Crippen LogP contribution is 2.23. The second-order valence-electron chi connectivity index (χ2n) is 4.43. The van der Waals surface area contributed by atoms with Crippen LogP contribution >= 0.6 is 0 Å². The van der Waals surface area contributed by atoms with E-state index in [-0.39, 0.29) is 18.3 Å². The molecule has 0 amide bonds. The lowest BCUT2D eigenvalue weighted by atomic mass is 10.1. The third kappa shape index (κ3) is 4.73. The second-order valence-corrected chi connectivity index (χ2v) is 4.43. The standard InChI is InChI=1S/C15H20O4/c1-4-11(2)15(17)19-13(10-14(16)18-3)12-8-6-5-7-9-12/h5-9,11,13H,4,10H2,1-3H3. The monoisotopic (exact) mass is 264 g/mol. The number of carbonyl (C=O) groups is 2. The first-order valence-corrected chi connectivity index (χ1v) is 6.40. The second kappa shape index (κ2) is 7.56. The molecule has 1 aromatic carbocycles. The van der Waals surface area contributed by atoms with Crippen LogP contribution in [-0.4, -0.2) is 19.0 Å². The van der Waals surface area contributed by atoms with Gasteiger partial charge < -0.3 is 9.47 Å². The zero-order valence-corrected chi connectivity index (χ0v) is 11.6. The van der Waals surface area contributed by atoms with Crippen molar-refractivity contribution in [2.45, 2.75) is 32.8 Å². The maximum Gasteiger partial charge on any atom is 0.309 e. The van der Waals surface area contributed by atoms with Crippen molar-refractivity contribution in [2.75, 3.05) is 7.11 Å². The molecular weight excluding hydrogens is 244 g/mol. The van der Waals surface area contributed by atoms with Gasteiger partial charge in [0.2, 0.25) is 0 Å². The van der Waals surface area contributed by atoms with Gasteiger partial charge in [-0.1, -0.05) is 44.2 Å². The Hall–Kier alpha value is -1.84. The van der Waals surface area contributed by atoms with Crippen LogP contribution in [0.15, 0.2) is 30.3 Å². The molecule has 0 N–H and O–H groups in total. The summed E-state index contributed by atoms with van der Waals surface area (Å²) in [4.78, 5) is 23.3. The van der Waals surface area contributed by atoms with Crippen LogP contribution in [0.1, 0.15) is 38.4 Å². The highest BCUT2D eigenvalue weighted by molar-refractivity contribution is 5.74. The van der Waals surface area contributed by atoms with Crippen LogP contribution < -0.4 is 0 Å². The predicted molar refractivity (Wildman–Crippen MR) is 71.4 cm³/mol. The molecule has 4 nitrogen and oxygen atoms in total. The number of esters is 2. The SMILES string of the molecule is CCC(C)C(=O)OC(CC(=O)OC)c1ccccc1. The lowest BCUT2D eigenvalue weighted by Crippen LogP contribution is -2.20. The Balaban J connectivity index is 2.81. The van der Waals surface area contributed by atoms with E-state index in [1.807, 2.05) is 44.2 Å². The Morgan fingerprint density at radius 3 is 2.37 bits per heavy atom. The fourth-order valence-electron chi connectivity index (χ4n) is 1.55. The third-order valence-electron chi connectivity index (χ3n) is 3.02. The molecule has 0 spiro atoms. The highest BCUT2D eigenvalue weighted by Gasteiger charge is 2.23. The molecule has 0 saturated heterocycles. The minimum absolute atomic E-state index is 0.0304. The summed E-state index contributed by atoms with van der Waals surface area (Å²) in [6, 6.07) is 9.22. The van der Waals surface area contributed by atoms with Gasteiger partial charge >= 0.3 is 11.9 Å². The fourth-order valence-corrected chi connectivity index (χ4v) is 1.55. The minimum Gasteiger partial charge on any atom is -0.469 e. The molecule has 0 heterocycles. The number of rotatable bonds is 6. The Bertz CT molecular complexity index is 413. The Labute approximate surface area is 113 Å². The molecule has 19 heavy (non-hydrogen) atoms. The predicted octanol–water partition coefficient (Wildman–Crippen LogP) is 2.88. The Kier molecular flexibility index (Phi) is 6.06. The molecule has 2 unspecified atom stereocenters. The molecule has 0 radical (unpaired) electrons. The van der Waals surface area contributed by atoms with Crippen molar-refractivity contribution in [1.82, 2.24) is 0 Å². The first kappa shape index (κ1) is 15.2. The molecule has 0 fully saturated rings. The van der Waals surface area contributed by atoms with Crippen molar-refractivity contribution in [3.8, 4) is 0 Å². The Morgan fingerprint density at radius 2 is 1.84 bits per heavy atom. The van der Waals surface area contributed by atoms with Crippen molar-refractivity contribution >= 4 is 11.9 Å². The minimum atomic E-state index is -0.588. The molecule has 104 valence electrons. The van der Waals surface area contributed by atoms with Gasteiger partial charge in [-0.05, 0) is 12.0 Å². The molecule has 0 aliphatic rings. The Morgan fingerprint density at radius 1 is 1.21 bits per heavy atom. The van der Waals surface area contributed by atoms with Gasteiger partial charge in [-0.25, -0.2) is 0 Å². The quantitative estimate of drug-likeness (QED) is 0.741. The van der Waals surface area contributed by atoms with E-state index >= 15 is 0 Å². The van der Waals surface area contributed by atoms with Crippen LogP contribution in [0.25, 0.3) is 0 Å². The van der Waals surface area contributed by atoms with Crippen molar-refractivity contribution in [3.63, 3.8) is 0 Å². The summed E-state index contributed by atoms with van der Waals surface area (Å²) in [6.45, 7) is 3.73. The molecule has 1 rings (SSSR count). The molecule has 0 bridgehead atoms. The van der Waals surface area contributed by atoms with Crippen LogP contribution in [0.4, 0.5) is 0 Å². The van der Waals surface area contributed by atoms with Crippen molar-refractivity contribution in [1.29, 1.82) is 0 Å². The van der Waals surface area contributed by atoms with E-state index in [0.717, 1.165) is 5.56 Å². The van der Waals surface area contributed by atoms with Gasteiger partial charge in [0.05, 0.1) is 19.4 Å². The lowest BCUT2D eigenvalue weighted by Gasteiger charge is -2.19. The first-order chi connectivity index (χ1) is 9.08. The van der Waals surface area contributed by atoms with Gasteiger partial charge in [-0.3, -0.25) is 9.59 Å². The highest BCUT2D eigenvalue weighted by atomic mass is 16.6. The molecule has 2 atom stereocenters. The third-order valence-corrected chi connectivity index (χ3v) is 3.02.